The highest BCUT2D eigenvalue weighted by atomic mass is 16.4. The highest BCUT2D eigenvalue weighted by Crippen LogP contribution is 2.12. The molecule has 1 fully saturated rings. The number of hydrogen-bond donors (Lipinski definition) is 2. The molecule has 0 aliphatic carbocycles. The third kappa shape index (κ3) is 4.08. The fourth-order valence-electron chi connectivity index (χ4n) is 1.89. The number of rotatable bonds is 3. The fraction of sp³-hybridized carbons (Fsp3) is 0.818. The lowest BCUT2D eigenvalue weighted by Gasteiger charge is -2.32. The van der Waals surface area contributed by atoms with Gasteiger partial charge in [0, 0.05) is 18.6 Å². The van der Waals surface area contributed by atoms with Crippen molar-refractivity contribution in [1.29, 1.82) is 0 Å². The molecule has 1 aliphatic rings. The topological polar surface area (TPSA) is 69.6 Å². The Labute approximate surface area is 95.8 Å². The summed E-state index contributed by atoms with van der Waals surface area (Å²) in [7, 11) is 0. The van der Waals surface area contributed by atoms with E-state index in [1.54, 1.807) is 18.7 Å². The molecule has 0 spiro atoms. The molecule has 1 heterocycles. The maximum Gasteiger partial charge on any atom is 0.317 e. The average molecular weight is 228 g/mol. The van der Waals surface area contributed by atoms with Crippen molar-refractivity contribution in [1.82, 2.24) is 10.2 Å². The molecule has 2 N–H and O–H groups in total. The van der Waals surface area contributed by atoms with Crippen LogP contribution in [0.2, 0.25) is 0 Å². The summed E-state index contributed by atoms with van der Waals surface area (Å²) in [6.45, 7) is 5.00. The zero-order valence-electron chi connectivity index (χ0n) is 9.95. The summed E-state index contributed by atoms with van der Waals surface area (Å²) < 4.78 is 0. The third-order valence-electron chi connectivity index (χ3n) is 2.68. The number of likely N-dealkylation sites (tertiary alicyclic amines) is 1. The molecule has 0 aromatic carbocycles. The number of nitrogens with one attached hydrogen (secondary N) is 1. The number of hydrogen-bond acceptors (Lipinski definition) is 2. The maximum atomic E-state index is 11.8. The van der Waals surface area contributed by atoms with E-state index in [0.717, 1.165) is 25.9 Å². The fourth-order valence-corrected chi connectivity index (χ4v) is 1.89. The van der Waals surface area contributed by atoms with Crippen LogP contribution in [-0.2, 0) is 4.79 Å². The summed E-state index contributed by atoms with van der Waals surface area (Å²) in [4.78, 5) is 24.2. The number of nitrogens with zero attached hydrogens (tertiary/aromatic N) is 1. The summed E-state index contributed by atoms with van der Waals surface area (Å²) in [5.74, 6) is -0.899. The lowest BCUT2D eigenvalue weighted by Crippen LogP contribution is -2.52. The van der Waals surface area contributed by atoms with Crippen molar-refractivity contribution in [2.45, 2.75) is 45.1 Å². The Morgan fingerprint density at radius 3 is 2.31 bits per heavy atom. The molecule has 2 amide bonds. The molecule has 0 bridgehead atoms. The van der Waals surface area contributed by atoms with Crippen molar-refractivity contribution < 1.29 is 14.7 Å². The van der Waals surface area contributed by atoms with Crippen molar-refractivity contribution in [2.24, 2.45) is 0 Å². The Morgan fingerprint density at radius 1 is 1.25 bits per heavy atom. The Hall–Kier alpha value is -1.26. The van der Waals surface area contributed by atoms with Crippen molar-refractivity contribution in [3.8, 4) is 0 Å². The van der Waals surface area contributed by atoms with Gasteiger partial charge in [-0.05, 0) is 33.1 Å². The number of piperidine rings is 1. The van der Waals surface area contributed by atoms with Crippen molar-refractivity contribution >= 4 is 12.0 Å². The van der Waals surface area contributed by atoms with E-state index in [9.17, 15) is 9.59 Å². The molecule has 0 atom stereocenters. The second-order valence-corrected chi connectivity index (χ2v) is 4.93. The number of urea groups is 1. The first-order valence-corrected chi connectivity index (χ1v) is 5.70. The lowest BCUT2D eigenvalue weighted by molar-refractivity contribution is -0.138. The zero-order valence-corrected chi connectivity index (χ0v) is 9.95. The Morgan fingerprint density at radius 2 is 1.81 bits per heavy atom. The summed E-state index contributed by atoms with van der Waals surface area (Å²) in [6, 6.07) is -0.147. The Kier molecular flexibility index (Phi) is 4.15. The normalized spacial score (nSPS) is 17.0. The molecule has 1 aliphatic heterocycles. The molecular weight excluding hydrogens is 208 g/mol. The van der Waals surface area contributed by atoms with Gasteiger partial charge in [0.2, 0.25) is 0 Å². The number of carboxylic acid groups (broad SMARTS) is 1. The van der Waals surface area contributed by atoms with Gasteiger partial charge in [0.15, 0.2) is 0 Å². The summed E-state index contributed by atoms with van der Waals surface area (Å²) >= 11 is 0. The van der Waals surface area contributed by atoms with Crippen LogP contribution in [0.3, 0.4) is 0 Å². The van der Waals surface area contributed by atoms with Crippen molar-refractivity contribution in [3.63, 3.8) is 0 Å². The van der Waals surface area contributed by atoms with Gasteiger partial charge in [0.05, 0.1) is 6.42 Å². The number of carboxylic acids is 1. The standard InChI is InChI=1S/C11H20N2O3/c1-11(2,8-9(14)15)12-10(16)13-6-4-3-5-7-13/h3-8H2,1-2H3,(H,12,16)(H,14,15). The number of aliphatic carboxylic acids is 1. The van der Waals surface area contributed by atoms with E-state index >= 15 is 0 Å². The van der Waals surface area contributed by atoms with Crippen LogP contribution < -0.4 is 5.32 Å². The van der Waals surface area contributed by atoms with Crippen LogP contribution in [0, 0.1) is 0 Å². The van der Waals surface area contributed by atoms with E-state index in [4.69, 9.17) is 5.11 Å². The molecule has 1 rings (SSSR count). The minimum Gasteiger partial charge on any atom is -0.481 e. The molecule has 16 heavy (non-hydrogen) atoms. The van der Waals surface area contributed by atoms with Crippen LogP contribution in [0.4, 0.5) is 4.79 Å². The predicted molar refractivity (Wildman–Crippen MR) is 60.3 cm³/mol. The average Bonchev–Trinajstić information content (AvgIpc) is 2.16. The lowest BCUT2D eigenvalue weighted by atomic mass is 10.0. The van der Waals surface area contributed by atoms with E-state index in [0.29, 0.717) is 0 Å². The van der Waals surface area contributed by atoms with E-state index in [-0.39, 0.29) is 12.5 Å². The molecule has 0 unspecified atom stereocenters. The Bertz CT molecular complexity index is 270. The molecule has 5 heteroatoms. The number of carbonyl (C=O) groups is 2. The van der Waals surface area contributed by atoms with Crippen LogP contribution in [-0.4, -0.2) is 40.6 Å². The van der Waals surface area contributed by atoms with Crippen molar-refractivity contribution in [2.75, 3.05) is 13.1 Å². The largest absolute Gasteiger partial charge is 0.481 e. The van der Waals surface area contributed by atoms with Gasteiger partial charge in [-0.15, -0.1) is 0 Å². The van der Waals surface area contributed by atoms with Crippen LogP contribution >= 0.6 is 0 Å². The monoisotopic (exact) mass is 228 g/mol. The molecule has 0 aromatic heterocycles. The molecule has 0 aromatic rings. The smallest absolute Gasteiger partial charge is 0.317 e. The first-order chi connectivity index (χ1) is 7.41. The highest BCUT2D eigenvalue weighted by Gasteiger charge is 2.26. The van der Waals surface area contributed by atoms with Gasteiger partial charge < -0.3 is 15.3 Å². The number of carbonyl (C=O) groups excluding carboxylic acids is 1. The van der Waals surface area contributed by atoms with E-state index < -0.39 is 11.5 Å². The van der Waals surface area contributed by atoms with Gasteiger partial charge in [-0.1, -0.05) is 0 Å². The van der Waals surface area contributed by atoms with Gasteiger partial charge in [-0.2, -0.15) is 0 Å². The predicted octanol–water partition coefficient (Wildman–Crippen LogP) is 1.44. The van der Waals surface area contributed by atoms with E-state index in [1.165, 1.54) is 6.42 Å². The van der Waals surface area contributed by atoms with E-state index in [2.05, 4.69) is 5.32 Å². The second kappa shape index (κ2) is 5.18. The quantitative estimate of drug-likeness (QED) is 0.767. The number of amides is 2. The van der Waals surface area contributed by atoms with Crippen LogP contribution in [0.25, 0.3) is 0 Å². The van der Waals surface area contributed by atoms with E-state index in [1.807, 2.05) is 0 Å². The highest BCUT2D eigenvalue weighted by molar-refractivity contribution is 5.76. The van der Waals surface area contributed by atoms with Crippen LogP contribution in [0.5, 0.6) is 0 Å². The summed E-state index contributed by atoms with van der Waals surface area (Å²) in [5.41, 5.74) is -0.694. The SMILES string of the molecule is CC(C)(CC(=O)O)NC(=O)N1CCCCC1. The van der Waals surface area contributed by atoms with Gasteiger partial charge in [-0.3, -0.25) is 4.79 Å². The molecule has 0 saturated carbocycles. The van der Waals surface area contributed by atoms with Crippen LogP contribution in [0.15, 0.2) is 0 Å². The third-order valence-corrected chi connectivity index (χ3v) is 2.68. The van der Waals surface area contributed by atoms with Gasteiger partial charge in [0.1, 0.15) is 0 Å². The molecule has 0 radical (unpaired) electrons. The van der Waals surface area contributed by atoms with Crippen molar-refractivity contribution in [3.05, 3.63) is 0 Å². The molecule has 1 saturated heterocycles. The van der Waals surface area contributed by atoms with Gasteiger partial charge in [0.25, 0.3) is 0 Å². The Balaban J connectivity index is 2.45. The van der Waals surface area contributed by atoms with Gasteiger partial charge in [-0.25, -0.2) is 4.79 Å². The molecule has 92 valence electrons. The molecule has 5 nitrogen and oxygen atoms in total. The summed E-state index contributed by atoms with van der Waals surface area (Å²) in [5, 5.41) is 11.5. The minimum absolute atomic E-state index is 0.0629. The summed E-state index contributed by atoms with van der Waals surface area (Å²) in [6.07, 6.45) is 3.18. The van der Waals surface area contributed by atoms with Gasteiger partial charge >= 0.3 is 12.0 Å². The molecular formula is C11H20N2O3. The second-order valence-electron chi connectivity index (χ2n) is 4.93. The first kappa shape index (κ1) is 12.8. The zero-order chi connectivity index (χ0) is 12.2. The first-order valence-electron chi connectivity index (χ1n) is 5.70. The maximum absolute atomic E-state index is 11.8. The van der Waals surface area contributed by atoms with Crippen LogP contribution in [0.1, 0.15) is 39.5 Å². The minimum atomic E-state index is -0.899.